The van der Waals surface area contributed by atoms with Crippen molar-refractivity contribution in [2.75, 3.05) is 20.1 Å². The molecule has 1 amide bonds. The number of unbranched alkanes of at least 4 members (excludes halogenated alkanes) is 2. The fourth-order valence-electron chi connectivity index (χ4n) is 1.88. The maximum Gasteiger partial charge on any atom is 0.282 e. The van der Waals surface area contributed by atoms with Crippen molar-refractivity contribution in [2.24, 2.45) is 0 Å². The quantitative estimate of drug-likeness (QED) is 0.708. The summed E-state index contributed by atoms with van der Waals surface area (Å²) in [6.07, 6.45) is 3.84. The zero-order valence-corrected chi connectivity index (χ0v) is 9.93. The van der Waals surface area contributed by atoms with Crippen molar-refractivity contribution >= 4 is 5.91 Å². The molecule has 1 N–H and O–H groups in total. The molecule has 0 aromatic heterocycles. The number of nitrogens with one attached hydrogen (secondary N) is 1. The second-order valence-corrected chi connectivity index (χ2v) is 4.39. The number of carbonyl (C=O) groups is 1. The number of alkyl halides is 2. The third kappa shape index (κ3) is 3.40. The van der Waals surface area contributed by atoms with Crippen molar-refractivity contribution < 1.29 is 13.6 Å². The molecule has 16 heavy (non-hydrogen) atoms. The number of likely N-dealkylation sites (N-methyl/N-ethyl adjacent to an activating group) is 1. The van der Waals surface area contributed by atoms with Gasteiger partial charge in [0.25, 0.3) is 5.92 Å². The van der Waals surface area contributed by atoms with Crippen LogP contribution in [-0.4, -0.2) is 42.9 Å². The Hall–Kier alpha value is -0.710. The van der Waals surface area contributed by atoms with Crippen molar-refractivity contribution in [1.29, 1.82) is 0 Å². The van der Waals surface area contributed by atoms with Gasteiger partial charge in [0.05, 0.1) is 19.1 Å². The van der Waals surface area contributed by atoms with Gasteiger partial charge < -0.3 is 10.2 Å². The zero-order chi connectivity index (χ0) is 12.2. The molecule has 0 saturated carbocycles. The summed E-state index contributed by atoms with van der Waals surface area (Å²) in [5.74, 6) is -2.86. The van der Waals surface area contributed by atoms with Gasteiger partial charge in [-0.15, -0.1) is 0 Å². The van der Waals surface area contributed by atoms with Crippen LogP contribution in [0.15, 0.2) is 0 Å². The molecule has 0 radical (unpaired) electrons. The van der Waals surface area contributed by atoms with Gasteiger partial charge in [-0.1, -0.05) is 26.2 Å². The van der Waals surface area contributed by atoms with Gasteiger partial charge in [-0.25, -0.2) is 8.78 Å². The number of hydrogen-bond donors (Lipinski definition) is 1. The van der Waals surface area contributed by atoms with Gasteiger partial charge >= 0.3 is 0 Å². The van der Waals surface area contributed by atoms with Gasteiger partial charge in [-0.05, 0) is 13.5 Å². The number of hydrogen-bond acceptors (Lipinski definition) is 2. The predicted octanol–water partition coefficient (Wildman–Crippen LogP) is 1.63. The highest BCUT2D eigenvalue weighted by molar-refractivity contribution is 5.82. The van der Waals surface area contributed by atoms with E-state index in [4.69, 9.17) is 0 Å². The largest absolute Gasteiger partial charge is 0.329 e. The number of halogens is 2. The molecule has 1 atom stereocenters. The molecule has 3 nitrogen and oxygen atoms in total. The fraction of sp³-hybridized carbons (Fsp3) is 0.909. The van der Waals surface area contributed by atoms with Crippen molar-refractivity contribution in [2.45, 2.75) is 44.6 Å². The molecule has 0 aromatic rings. The summed E-state index contributed by atoms with van der Waals surface area (Å²) in [5.41, 5.74) is 0. The van der Waals surface area contributed by atoms with Gasteiger partial charge in [0.15, 0.2) is 0 Å². The summed E-state index contributed by atoms with van der Waals surface area (Å²) >= 11 is 0. The van der Waals surface area contributed by atoms with E-state index in [1.807, 2.05) is 0 Å². The molecule has 1 unspecified atom stereocenters. The first-order chi connectivity index (χ1) is 7.50. The molecule has 5 heteroatoms. The zero-order valence-electron chi connectivity index (χ0n) is 9.93. The van der Waals surface area contributed by atoms with Gasteiger partial charge in [0, 0.05) is 0 Å². The average molecular weight is 234 g/mol. The molecular formula is C11H20F2N2O. The molecule has 94 valence electrons. The van der Waals surface area contributed by atoms with E-state index >= 15 is 0 Å². The lowest BCUT2D eigenvalue weighted by molar-refractivity contribution is -0.167. The molecule has 1 rings (SSSR count). The number of rotatable bonds is 6. The van der Waals surface area contributed by atoms with Crippen LogP contribution >= 0.6 is 0 Å². The second-order valence-electron chi connectivity index (χ2n) is 4.39. The molecule has 1 aliphatic heterocycles. The molecule has 0 aromatic carbocycles. The van der Waals surface area contributed by atoms with Crippen molar-refractivity contribution in [3.8, 4) is 0 Å². The van der Waals surface area contributed by atoms with E-state index in [1.54, 1.807) is 7.05 Å². The van der Waals surface area contributed by atoms with E-state index in [9.17, 15) is 13.6 Å². The van der Waals surface area contributed by atoms with E-state index in [0.29, 0.717) is 0 Å². The maximum atomic E-state index is 12.6. The summed E-state index contributed by atoms with van der Waals surface area (Å²) < 4.78 is 25.2. The normalized spacial score (nSPS) is 20.4. The lowest BCUT2D eigenvalue weighted by Crippen LogP contribution is -2.62. The SMILES string of the molecule is CCCCCC(NC)C(=O)N1CC(F)(F)C1. The monoisotopic (exact) mass is 234 g/mol. The van der Waals surface area contributed by atoms with Crippen LogP contribution in [0.2, 0.25) is 0 Å². The van der Waals surface area contributed by atoms with E-state index in [0.717, 1.165) is 25.7 Å². The fourth-order valence-corrected chi connectivity index (χ4v) is 1.88. The average Bonchev–Trinajstić information content (AvgIpc) is 2.20. The minimum absolute atomic E-state index is 0.190. The Bertz CT molecular complexity index is 238. The lowest BCUT2D eigenvalue weighted by Gasteiger charge is -2.40. The Morgan fingerprint density at radius 3 is 2.50 bits per heavy atom. The topological polar surface area (TPSA) is 32.3 Å². The molecule has 0 bridgehead atoms. The number of carbonyl (C=O) groups excluding carboxylic acids is 1. The van der Waals surface area contributed by atoms with Crippen molar-refractivity contribution in [1.82, 2.24) is 10.2 Å². The predicted molar refractivity (Wildman–Crippen MR) is 58.5 cm³/mol. The summed E-state index contributed by atoms with van der Waals surface area (Å²) in [5, 5.41) is 2.90. The second kappa shape index (κ2) is 5.57. The van der Waals surface area contributed by atoms with E-state index < -0.39 is 19.0 Å². The smallest absolute Gasteiger partial charge is 0.282 e. The van der Waals surface area contributed by atoms with E-state index in [2.05, 4.69) is 12.2 Å². The van der Waals surface area contributed by atoms with Gasteiger partial charge in [-0.2, -0.15) is 0 Å². The standard InChI is InChI=1S/C11H20F2N2O/c1-3-4-5-6-9(14-2)10(16)15-7-11(12,13)8-15/h9,14H,3-8H2,1-2H3. The van der Waals surface area contributed by atoms with Gasteiger partial charge in [0.2, 0.25) is 5.91 Å². The third-order valence-corrected chi connectivity index (χ3v) is 2.90. The minimum atomic E-state index is -2.67. The van der Waals surface area contributed by atoms with Crippen molar-refractivity contribution in [3.05, 3.63) is 0 Å². The Morgan fingerprint density at radius 1 is 1.44 bits per heavy atom. The number of amides is 1. The lowest BCUT2D eigenvalue weighted by atomic mass is 10.0. The molecular weight excluding hydrogens is 214 g/mol. The highest BCUT2D eigenvalue weighted by Crippen LogP contribution is 2.27. The Labute approximate surface area is 95.2 Å². The summed E-state index contributed by atoms with van der Waals surface area (Å²) in [6, 6.07) is -0.303. The Kier molecular flexibility index (Phi) is 4.65. The molecule has 1 fully saturated rings. The first-order valence-corrected chi connectivity index (χ1v) is 5.84. The van der Waals surface area contributed by atoms with Crippen LogP contribution in [-0.2, 0) is 4.79 Å². The maximum absolute atomic E-state index is 12.6. The molecule has 0 spiro atoms. The highest BCUT2D eigenvalue weighted by atomic mass is 19.3. The van der Waals surface area contributed by atoms with Crippen molar-refractivity contribution in [3.63, 3.8) is 0 Å². The van der Waals surface area contributed by atoms with Crippen LogP contribution in [0.3, 0.4) is 0 Å². The summed E-state index contributed by atoms with van der Waals surface area (Å²) in [4.78, 5) is 13.0. The van der Waals surface area contributed by atoms with Gasteiger partial charge in [0.1, 0.15) is 0 Å². The molecule has 1 aliphatic rings. The van der Waals surface area contributed by atoms with Gasteiger partial charge in [-0.3, -0.25) is 4.79 Å². The van der Waals surface area contributed by atoms with E-state index in [1.165, 1.54) is 4.90 Å². The van der Waals surface area contributed by atoms with Crippen LogP contribution in [0.4, 0.5) is 8.78 Å². The number of likely N-dealkylation sites (tertiary alicyclic amines) is 1. The minimum Gasteiger partial charge on any atom is -0.329 e. The summed E-state index contributed by atoms with van der Waals surface area (Å²) in [6.45, 7) is 1.25. The van der Waals surface area contributed by atoms with Crippen LogP contribution in [0.25, 0.3) is 0 Å². The third-order valence-electron chi connectivity index (χ3n) is 2.90. The molecule has 1 saturated heterocycles. The van der Waals surface area contributed by atoms with E-state index in [-0.39, 0.29) is 11.9 Å². The van der Waals surface area contributed by atoms with Crippen LogP contribution in [0.5, 0.6) is 0 Å². The first kappa shape index (κ1) is 13.4. The Balaban J connectivity index is 2.33. The summed E-state index contributed by atoms with van der Waals surface area (Å²) in [7, 11) is 1.70. The number of nitrogens with zero attached hydrogens (tertiary/aromatic N) is 1. The Morgan fingerprint density at radius 2 is 2.06 bits per heavy atom. The highest BCUT2D eigenvalue weighted by Gasteiger charge is 2.47. The molecule has 0 aliphatic carbocycles. The molecule has 1 heterocycles. The van der Waals surface area contributed by atoms with Crippen LogP contribution in [0, 0.1) is 0 Å². The van der Waals surface area contributed by atoms with Crippen LogP contribution in [0.1, 0.15) is 32.6 Å². The van der Waals surface area contributed by atoms with Crippen LogP contribution < -0.4 is 5.32 Å². The first-order valence-electron chi connectivity index (χ1n) is 5.84.